The quantitative estimate of drug-likeness (QED) is 0.770. The number of likely N-dealkylation sites (tertiary alicyclic amines) is 1. The molecule has 2 bridgehead atoms. The molecule has 0 radical (unpaired) electrons. The second-order valence-electron chi connectivity index (χ2n) is 8.08. The van der Waals surface area contributed by atoms with E-state index in [1.54, 1.807) is 44.5 Å². The van der Waals surface area contributed by atoms with Gasteiger partial charge in [-0.25, -0.2) is 8.42 Å². The summed E-state index contributed by atoms with van der Waals surface area (Å²) in [5, 5.41) is -1.21. The second kappa shape index (κ2) is 6.49. The Morgan fingerprint density at radius 3 is 2.55 bits per heavy atom. The van der Waals surface area contributed by atoms with Gasteiger partial charge >= 0.3 is 0 Å². The number of hydrogen-bond donors (Lipinski definition) is 0. The first kappa shape index (κ1) is 19.8. The molecule has 0 N–H and O–H groups in total. The average Bonchev–Trinajstić information content (AvgIpc) is 2.67. The van der Waals surface area contributed by atoms with E-state index in [0.717, 1.165) is 11.1 Å². The van der Waals surface area contributed by atoms with Gasteiger partial charge in [0.1, 0.15) is 0 Å². The maximum atomic E-state index is 13.7. The molecule has 6 nitrogen and oxygen atoms in total. The largest absolute Gasteiger partial charge is 0.493 e. The first-order valence-corrected chi connectivity index (χ1v) is 11.1. The monoisotopic (exact) mass is 415 g/mol. The van der Waals surface area contributed by atoms with Gasteiger partial charge in [0.25, 0.3) is 0 Å². The van der Waals surface area contributed by atoms with Gasteiger partial charge in [-0.3, -0.25) is 4.79 Å². The third kappa shape index (κ3) is 2.82. The van der Waals surface area contributed by atoms with Crippen molar-refractivity contribution in [2.24, 2.45) is 0 Å². The molecule has 0 saturated carbocycles. The number of piperidine rings is 1. The predicted octanol–water partition coefficient (Wildman–Crippen LogP) is 3.21. The van der Waals surface area contributed by atoms with Gasteiger partial charge in [-0.05, 0) is 50.1 Å². The summed E-state index contributed by atoms with van der Waals surface area (Å²) in [5.41, 5.74) is 1.64. The molecular formula is C22H25NO5S. The molecular weight excluding hydrogens is 390 g/mol. The number of amides is 1. The van der Waals surface area contributed by atoms with Crippen LogP contribution in [-0.4, -0.2) is 44.4 Å². The third-order valence-electron chi connectivity index (χ3n) is 6.34. The van der Waals surface area contributed by atoms with Crippen molar-refractivity contribution in [1.82, 2.24) is 4.90 Å². The Morgan fingerprint density at radius 1 is 1.17 bits per heavy atom. The highest BCUT2D eigenvalue weighted by molar-refractivity contribution is 7.92. The van der Waals surface area contributed by atoms with Crippen LogP contribution in [-0.2, 0) is 14.6 Å². The van der Waals surface area contributed by atoms with Crippen molar-refractivity contribution < 1.29 is 22.7 Å². The molecule has 2 aromatic rings. The van der Waals surface area contributed by atoms with E-state index < -0.39 is 32.6 Å². The van der Waals surface area contributed by atoms with Crippen LogP contribution in [0, 0.1) is 13.8 Å². The lowest BCUT2D eigenvalue weighted by atomic mass is 9.80. The fraction of sp³-hybridized carbons (Fsp3) is 0.409. The molecule has 2 aliphatic heterocycles. The highest BCUT2D eigenvalue weighted by Crippen LogP contribution is 2.52. The molecule has 1 saturated heterocycles. The predicted molar refractivity (Wildman–Crippen MR) is 109 cm³/mol. The first-order chi connectivity index (χ1) is 13.6. The van der Waals surface area contributed by atoms with Gasteiger partial charge in [0.05, 0.1) is 12.0 Å². The number of sulfone groups is 1. The van der Waals surface area contributed by atoms with Gasteiger partial charge in [0, 0.05) is 24.9 Å². The minimum absolute atomic E-state index is 0.173. The van der Waals surface area contributed by atoms with Crippen molar-refractivity contribution in [1.29, 1.82) is 0 Å². The molecule has 2 aliphatic rings. The summed E-state index contributed by atoms with van der Waals surface area (Å²) in [6.07, 6.45) is 0.393. The van der Waals surface area contributed by atoms with Gasteiger partial charge in [-0.2, -0.15) is 0 Å². The summed E-state index contributed by atoms with van der Waals surface area (Å²) < 4.78 is 38.9. The van der Waals surface area contributed by atoms with E-state index in [0.29, 0.717) is 23.5 Å². The molecule has 2 heterocycles. The number of carbonyl (C=O) groups excluding carboxylic acids is 1. The molecule has 154 valence electrons. The van der Waals surface area contributed by atoms with Gasteiger partial charge in [-0.15, -0.1) is 0 Å². The van der Waals surface area contributed by atoms with Crippen molar-refractivity contribution in [2.45, 2.75) is 49.0 Å². The van der Waals surface area contributed by atoms with Crippen LogP contribution in [0.3, 0.4) is 0 Å². The van der Waals surface area contributed by atoms with Crippen LogP contribution in [0.5, 0.6) is 11.5 Å². The van der Waals surface area contributed by atoms with Crippen molar-refractivity contribution in [2.75, 3.05) is 14.2 Å². The summed E-state index contributed by atoms with van der Waals surface area (Å²) in [6.45, 7) is 5.61. The minimum Gasteiger partial charge on any atom is -0.493 e. The number of hydrogen-bond acceptors (Lipinski definition) is 5. The van der Waals surface area contributed by atoms with Crippen molar-refractivity contribution in [3.63, 3.8) is 0 Å². The Labute approximate surface area is 171 Å². The van der Waals surface area contributed by atoms with E-state index >= 15 is 0 Å². The maximum absolute atomic E-state index is 13.7. The zero-order valence-corrected chi connectivity index (χ0v) is 18.0. The molecule has 0 aromatic heterocycles. The first-order valence-electron chi connectivity index (χ1n) is 9.55. The summed E-state index contributed by atoms with van der Waals surface area (Å²) >= 11 is 0. The van der Waals surface area contributed by atoms with Crippen molar-refractivity contribution in [3.05, 3.63) is 53.1 Å². The van der Waals surface area contributed by atoms with E-state index in [9.17, 15) is 13.2 Å². The molecule has 2 aromatic carbocycles. The molecule has 4 rings (SSSR count). The number of rotatable bonds is 3. The molecule has 0 spiro atoms. The molecule has 1 fully saturated rings. The lowest BCUT2D eigenvalue weighted by Crippen LogP contribution is -2.64. The highest BCUT2D eigenvalue weighted by atomic mass is 32.2. The van der Waals surface area contributed by atoms with Crippen LogP contribution < -0.4 is 9.47 Å². The molecule has 0 unspecified atom stereocenters. The number of methoxy groups -OCH3 is 1. The van der Waals surface area contributed by atoms with Crippen molar-refractivity contribution in [3.8, 4) is 11.5 Å². The highest BCUT2D eigenvalue weighted by Gasteiger charge is 2.57. The Morgan fingerprint density at radius 2 is 1.90 bits per heavy atom. The second-order valence-corrected chi connectivity index (χ2v) is 10.1. The summed E-state index contributed by atoms with van der Waals surface area (Å²) in [4.78, 5) is 14.9. The number of ether oxygens (including phenoxy) is 2. The topological polar surface area (TPSA) is 72.9 Å². The zero-order chi connectivity index (χ0) is 21.1. The Bertz CT molecular complexity index is 1110. The maximum Gasteiger partial charge on any atom is 0.244 e. The lowest BCUT2D eigenvalue weighted by molar-refractivity contribution is -0.160. The zero-order valence-electron chi connectivity index (χ0n) is 17.2. The van der Waals surface area contributed by atoms with Gasteiger partial charge in [0.2, 0.25) is 5.91 Å². The van der Waals surface area contributed by atoms with E-state index in [1.165, 1.54) is 4.90 Å². The van der Waals surface area contributed by atoms with Crippen LogP contribution in [0.15, 0.2) is 41.3 Å². The molecule has 0 aliphatic carbocycles. The molecule has 7 heteroatoms. The number of para-hydroxylation sites is 1. The molecule has 29 heavy (non-hydrogen) atoms. The minimum atomic E-state index is -3.91. The van der Waals surface area contributed by atoms with E-state index in [1.807, 2.05) is 26.8 Å². The number of carbonyl (C=O) groups is 1. The summed E-state index contributed by atoms with van der Waals surface area (Å²) in [7, 11) is -0.766. The van der Waals surface area contributed by atoms with Crippen LogP contribution in [0.2, 0.25) is 0 Å². The van der Waals surface area contributed by atoms with Crippen LogP contribution in [0.1, 0.15) is 36.0 Å². The lowest BCUT2D eigenvalue weighted by Gasteiger charge is -2.51. The average molecular weight is 416 g/mol. The SMILES string of the molecule is COc1cccc2c1O[C@@]1(C)C[C@@H]2[C@@H](S(=O)(=O)c2ccc(C)c(C)c2)C(=O)N1C. The number of fused-ring (bicyclic) bond motifs is 4. The van der Waals surface area contributed by atoms with Crippen LogP contribution in [0.25, 0.3) is 0 Å². The Hall–Kier alpha value is -2.54. The van der Waals surface area contributed by atoms with Crippen LogP contribution in [0.4, 0.5) is 0 Å². The normalized spacial score (nSPS) is 26.0. The fourth-order valence-electron chi connectivity index (χ4n) is 4.33. The smallest absolute Gasteiger partial charge is 0.244 e. The van der Waals surface area contributed by atoms with Crippen LogP contribution >= 0.6 is 0 Å². The Kier molecular flexibility index (Phi) is 4.42. The number of aryl methyl sites for hydroxylation is 2. The fourth-order valence-corrected chi connectivity index (χ4v) is 6.32. The van der Waals surface area contributed by atoms with Crippen molar-refractivity contribution >= 4 is 15.7 Å². The number of nitrogens with zero attached hydrogens (tertiary/aromatic N) is 1. The van der Waals surface area contributed by atoms with E-state index in [4.69, 9.17) is 9.47 Å². The van der Waals surface area contributed by atoms with E-state index in [-0.39, 0.29) is 4.90 Å². The summed E-state index contributed by atoms with van der Waals surface area (Å²) in [5.74, 6) is 0.0708. The van der Waals surface area contributed by atoms with E-state index in [2.05, 4.69) is 0 Å². The molecule has 3 atom stereocenters. The molecule has 1 amide bonds. The third-order valence-corrected chi connectivity index (χ3v) is 8.45. The van der Waals surface area contributed by atoms with Gasteiger partial charge in [0.15, 0.2) is 32.3 Å². The number of benzene rings is 2. The standard InChI is InChI=1S/C22H25NO5S/c1-13-9-10-15(11-14(13)2)29(25,26)20-17-12-22(3,23(4)21(20)24)28-19-16(17)7-6-8-18(19)27-5/h6-11,17,20H,12H2,1-5H3/t17-,20+,22-/m0/s1. The summed E-state index contributed by atoms with van der Waals surface area (Å²) in [6, 6.07) is 10.4. The van der Waals surface area contributed by atoms with Gasteiger partial charge < -0.3 is 14.4 Å². The van der Waals surface area contributed by atoms with Gasteiger partial charge in [-0.1, -0.05) is 18.2 Å². The Balaban J connectivity index is 1.91.